The number of hydrogen-bond acceptors (Lipinski definition) is 4. The van der Waals surface area contributed by atoms with E-state index in [0.717, 1.165) is 12.4 Å². The number of anilines is 2. The van der Waals surface area contributed by atoms with Crippen LogP contribution in [0.3, 0.4) is 0 Å². The summed E-state index contributed by atoms with van der Waals surface area (Å²) in [7, 11) is 0. The Bertz CT molecular complexity index is 538. The van der Waals surface area contributed by atoms with Crippen molar-refractivity contribution >= 4 is 11.5 Å². The van der Waals surface area contributed by atoms with Crippen LogP contribution in [0.1, 0.15) is 18.1 Å². The van der Waals surface area contributed by atoms with E-state index in [1.165, 1.54) is 11.1 Å². The molecule has 0 bridgehead atoms. The van der Waals surface area contributed by atoms with Crippen molar-refractivity contribution < 1.29 is 4.74 Å². The predicted molar refractivity (Wildman–Crippen MR) is 78.3 cm³/mol. The zero-order chi connectivity index (χ0) is 13.7. The first-order valence-electron chi connectivity index (χ1n) is 6.37. The third kappa shape index (κ3) is 3.61. The van der Waals surface area contributed by atoms with Crippen LogP contribution in [0.5, 0.6) is 5.88 Å². The van der Waals surface area contributed by atoms with Crippen LogP contribution in [0.4, 0.5) is 11.5 Å². The number of pyridine rings is 1. The number of nitrogen functional groups attached to an aromatic ring is 1. The van der Waals surface area contributed by atoms with Crippen LogP contribution in [0.15, 0.2) is 36.4 Å². The minimum absolute atomic E-state index is 0.483. The Morgan fingerprint density at radius 1 is 1.16 bits per heavy atom. The Balaban J connectivity index is 2.03. The number of ether oxygens (including phenoxy) is 1. The molecule has 0 aliphatic rings. The highest BCUT2D eigenvalue weighted by Crippen LogP contribution is 2.21. The molecule has 0 aliphatic carbocycles. The number of nitrogens with one attached hydrogen (secondary N) is 1. The Kier molecular flexibility index (Phi) is 4.23. The fourth-order valence-corrected chi connectivity index (χ4v) is 1.70. The number of hydrogen-bond donors (Lipinski definition) is 2. The highest BCUT2D eigenvalue weighted by molar-refractivity contribution is 5.53. The lowest BCUT2D eigenvalue weighted by Gasteiger charge is -2.10. The van der Waals surface area contributed by atoms with Crippen molar-refractivity contribution in [3.05, 3.63) is 47.5 Å². The molecule has 0 atom stereocenters. The Morgan fingerprint density at radius 2 is 1.89 bits per heavy atom. The van der Waals surface area contributed by atoms with Gasteiger partial charge in [-0.2, -0.15) is 4.98 Å². The molecule has 1 aromatic carbocycles. The smallest absolute Gasteiger partial charge is 0.239 e. The van der Waals surface area contributed by atoms with Gasteiger partial charge in [0.05, 0.1) is 12.3 Å². The molecule has 0 amide bonds. The molecule has 2 aromatic rings. The molecule has 0 radical (unpaired) electrons. The van der Waals surface area contributed by atoms with Gasteiger partial charge in [-0.15, -0.1) is 0 Å². The Labute approximate surface area is 113 Å². The standard InChI is InChI=1S/C15H19N3O/c1-3-19-15-13(16)8-9-14(18-15)17-10-12-6-4-11(2)5-7-12/h4-9H,3,10,16H2,1-2H3,(H,17,18). The topological polar surface area (TPSA) is 60.2 Å². The van der Waals surface area contributed by atoms with Gasteiger partial charge < -0.3 is 15.8 Å². The van der Waals surface area contributed by atoms with E-state index in [9.17, 15) is 0 Å². The second-order valence-corrected chi connectivity index (χ2v) is 4.36. The van der Waals surface area contributed by atoms with E-state index in [4.69, 9.17) is 10.5 Å². The van der Waals surface area contributed by atoms with Crippen molar-refractivity contribution in [3.8, 4) is 5.88 Å². The van der Waals surface area contributed by atoms with Gasteiger partial charge in [0.1, 0.15) is 5.82 Å². The summed E-state index contributed by atoms with van der Waals surface area (Å²) < 4.78 is 5.37. The molecule has 100 valence electrons. The first-order valence-corrected chi connectivity index (χ1v) is 6.37. The third-order valence-electron chi connectivity index (χ3n) is 2.76. The average Bonchev–Trinajstić information content (AvgIpc) is 2.42. The van der Waals surface area contributed by atoms with Crippen molar-refractivity contribution in [1.29, 1.82) is 0 Å². The normalized spacial score (nSPS) is 10.2. The van der Waals surface area contributed by atoms with E-state index in [1.807, 2.05) is 13.0 Å². The molecule has 0 saturated carbocycles. The molecule has 19 heavy (non-hydrogen) atoms. The largest absolute Gasteiger partial charge is 0.476 e. The van der Waals surface area contributed by atoms with Gasteiger partial charge in [0, 0.05) is 6.54 Å². The van der Waals surface area contributed by atoms with E-state index in [0.29, 0.717) is 18.2 Å². The van der Waals surface area contributed by atoms with Gasteiger partial charge >= 0.3 is 0 Å². The van der Waals surface area contributed by atoms with Gasteiger partial charge in [-0.05, 0) is 31.5 Å². The lowest BCUT2D eigenvalue weighted by Crippen LogP contribution is -2.05. The summed E-state index contributed by atoms with van der Waals surface area (Å²) in [6.45, 7) is 5.27. The van der Waals surface area contributed by atoms with Crippen LogP contribution in [0.2, 0.25) is 0 Å². The highest BCUT2D eigenvalue weighted by Gasteiger charge is 2.03. The van der Waals surface area contributed by atoms with Gasteiger partial charge in [0.2, 0.25) is 5.88 Å². The van der Waals surface area contributed by atoms with E-state index in [1.54, 1.807) is 6.07 Å². The van der Waals surface area contributed by atoms with Crippen molar-refractivity contribution in [2.45, 2.75) is 20.4 Å². The van der Waals surface area contributed by atoms with Gasteiger partial charge in [0.25, 0.3) is 0 Å². The summed E-state index contributed by atoms with van der Waals surface area (Å²) >= 11 is 0. The van der Waals surface area contributed by atoms with Crippen LogP contribution >= 0.6 is 0 Å². The fraction of sp³-hybridized carbons (Fsp3) is 0.267. The Morgan fingerprint density at radius 3 is 2.58 bits per heavy atom. The van der Waals surface area contributed by atoms with Crippen LogP contribution < -0.4 is 15.8 Å². The maximum Gasteiger partial charge on any atom is 0.239 e. The van der Waals surface area contributed by atoms with Crippen LogP contribution in [0, 0.1) is 6.92 Å². The van der Waals surface area contributed by atoms with Crippen molar-refractivity contribution in [1.82, 2.24) is 4.98 Å². The summed E-state index contributed by atoms with van der Waals surface area (Å²) in [6, 6.07) is 12.0. The van der Waals surface area contributed by atoms with E-state index in [-0.39, 0.29) is 0 Å². The van der Waals surface area contributed by atoms with Gasteiger partial charge in [-0.3, -0.25) is 0 Å². The number of aromatic nitrogens is 1. The first kappa shape index (κ1) is 13.2. The van der Waals surface area contributed by atoms with Crippen molar-refractivity contribution in [2.75, 3.05) is 17.7 Å². The quantitative estimate of drug-likeness (QED) is 0.864. The maximum absolute atomic E-state index is 5.78. The summed E-state index contributed by atoms with van der Waals surface area (Å²) in [4.78, 5) is 4.34. The second-order valence-electron chi connectivity index (χ2n) is 4.36. The van der Waals surface area contributed by atoms with Crippen LogP contribution in [-0.4, -0.2) is 11.6 Å². The molecule has 4 heteroatoms. The monoisotopic (exact) mass is 257 g/mol. The van der Waals surface area contributed by atoms with Crippen molar-refractivity contribution in [2.24, 2.45) is 0 Å². The first-order chi connectivity index (χ1) is 9.19. The molecule has 0 saturated heterocycles. The highest BCUT2D eigenvalue weighted by atomic mass is 16.5. The molecule has 1 aromatic heterocycles. The van der Waals surface area contributed by atoms with Gasteiger partial charge in [-0.25, -0.2) is 0 Å². The summed E-state index contributed by atoms with van der Waals surface area (Å²) in [5.74, 6) is 1.25. The SMILES string of the molecule is CCOc1nc(NCc2ccc(C)cc2)ccc1N. The molecular weight excluding hydrogens is 238 g/mol. The van der Waals surface area contributed by atoms with Gasteiger partial charge in [0.15, 0.2) is 0 Å². The van der Waals surface area contributed by atoms with E-state index < -0.39 is 0 Å². The van der Waals surface area contributed by atoms with Crippen LogP contribution in [0.25, 0.3) is 0 Å². The molecular formula is C15H19N3O. The Hall–Kier alpha value is -2.23. The third-order valence-corrected chi connectivity index (χ3v) is 2.76. The second kappa shape index (κ2) is 6.09. The molecule has 2 rings (SSSR count). The molecule has 4 nitrogen and oxygen atoms in total. The molecule has 0 aliphatic heterocycles. The van der Waals surface area contributed by atoms with E-state index >= 15 is 0 Å². The zero-order valence-corrected chi connectivity index (χ0v) is 11.3. The maximum atomic E-state index is 5.78. The lowest BCUT2D eigenvalue weighted by atomic mass is 10.1. The average molecular weight is 257 g/mol. The minimum Gasteiger partial charge on any atom is -0.476 e. The number of nitrogens with two attached hydrogens (primary N) is 1. The molecule has 1 heterocycles. The number of benzene rings is 1. The molecule has 0 fully saturated rings. The zero-order valence-electron chi connectivity index (χ0n) is 11.3. The minimum atomic E-state index is 0.483. The van der Waals surface area contributed by atoms with E-state index in [2.05, 4.69) is 41.5 Å². The number of nitrogens with zero attached hydrogens (tertiary/aromatic N) is 1. The van der Waals surface area contributed by atoms with Gasteiger partial charge in [-0.1, -0.05) is 29.8 Å². The summed E-state index contributed by atoms with van der Waals surface area (Å²) in [5.41, 5.74) is 8.81. The fourth-order valence-electron chi connectivity index (χ4n) is 1.70. The molecule has 3 N–H and O–H groups in total. The molecule has 0 spiro atoms. The lowest BCUT2D eigenvalue weighted by molar-refractivity contribution is 0.329. The summed E-state index contributed by atoms with van der Waals surface area (Å²) in [6.07, 6.45) is 0. The molecule has 0 unspecified atom stereocenters. The number of aryl methyl sites for hydroxylation is 1. The van der Waals surface area contributed by atoms with Crippen LogP contribution in [-0.2, 0) is 6.54 Å². The van der Waals surface area contributed by atoms with Crippen molar-refractivity contribution in [3.63, 3.8) is 0 Å². The summed E-state index contributed by atoms with van der Waals surface area (Å²) in [5, 5.41) is 3.26. The number of rotatable bonds is 5. The predicted octanol–water partition coefficient (Wildman–Crippen LogP) is 2.98.